The zero-order chi connectivity index (χ0) is 25.2. The highest BCUT2D eigenvalue weighted by atomic mass is 32.7. The maximum absolute atomic E-state index is 10.7. The predicted molar refractivity (Wildman–Crippen MR) is 151 cm³/mol. The molecular weight excluding hydrogens is 509 g/mol. The molecule has 6 nitrogen and oxygen atoms in total. The number of hydrogen-bond donors (Lipinski definition) is 1. The minimum atomic E-state index is -0.855. The van der Waals surface area contributed by atoms with Crippen molar-refractivity contribution in [3.63, 3.8) is 0 Å². The van der Waals surface area contributed by atoms with Gasteiger partial charge in [-0.2, -0.15) is 0 Å². The van der Waals surface area contributed by atoms with Crippen LogP contribution in [0.1, 0.15) is 50.5 Å². The summed E-state index contributed by atoms with van der Waals surface area (Å²) >= 11 is 3.66. The van der Waals surface area contributed by atoms with Crippen molar-refractivity contribution in [2.45, 2.75) is 67.1 Å². The Bertz CT molecular complexity index is 950. The van der Waals surface area contributed by atoms with Crippen LogP contribution in [0.2, 0.25) is 0 Å². The van der Waals surface area contributed by atoms with Gasteiger partial charge in [0.25, 0.3) is 0 Å². The van der Waals surface area contributed by atoms with Crippen LogP contribution < -0.4 is 4.74 Å². The number of pyridine rings is 1. The number of nitrogens with zero attached hydrogens (tertiary/aromatic N) is 3. The van der Waals surface area contributed by atoms with Crippen LogP contribution in [0.25, 0.3) is 0 Å². The summed E-state index contributed by atoms with van der Waals surface area (Å²) in [6.07, 6.45) is 11.6. The maximum atomic E-state index is 10.7. The van der Waals surface area contributed by atoms with Gasteiger partial charge in [-0.3, -0.25) is 9.69 Å². The minimum absolute atomic E-state index is 0.00465. The molecule has 0 bridgehead atoms. The fourth-order valence-electron chi connectivity index (χ4n) is 4.83. The fraction of sp³-hybridized carbons (Fsp3) is 0.556. The summed E-state index contributed by atoms with van der Waals surface area (Å²) in [5.41, 5.74) is 1.29. The monoisotopic (exact) mass is 547 g/mol. The van der Waals surface area contributed by atoms with Gasteiger partial charge in [0.15, 0.2) is 0 Å². The van der Waals surface area contributed by atoms with E-state index in [9.17, 15) is 4.79 Å². The molecular formula is C27H38N3O3PS2. The molecule has 1 atom stereocenters. The van der Waals surface area contributed by atoms with Crippen molar-refractivity contribution in [3.8, 4) is 5.75 Å². The molecule has 1 aromatic heterocycles. The van der Waals surface area contributed by atoms with Crippen LogP contribution >= 0.6 is 30.5 Å². The van der Waals surface area contributed by atoms with E-state index in [1.807, 2.05) is 30.5 Å². The molecule has 1 saturated heterocycles. The third-order valence-corrected chi connectivity index (χ3v) is 11.2. The first kappa shape index (κ1) is 27.7. The standard InChI is InChI=1S/C27H38N3O3PS2/c1-34(36-30-16-14-29(15-17-30)23-7-4-2-3-5-8-23)21-22-11-12-26(28-20-22)35-25-10-6-9-24(19-25)33-18-13-27(31)32/h6,9-12,19-20,23H,2-5,7-8,13-18,21H2,1H3,(H,31,32). The molecule has 1 aliphatic carbocycles. The summed E-state index contributed by atoms with van der Waals surface area (Å²) in [5.74, 6) is -0.173. The lowest BCUT2D eigenvalue weighted by atomic mass is 10.1. The number of carboxylic acids is 1. The summed E-state index contributed by atoms with van der Waals surface area (Å²) in [6.45, 7) is 7.36. The third kappa shape index (κ3) is 9.21. The quantitative estimate of drug-likeness (QED) is 0.192. The van der Waals surface area contributed by atoms with Crippen LogP contribution in [0.15, 0.2) is 52.5 Å². The van der Waals surface area contributed by atoms with Gasteiger partial charge in [-0.25, -0.2) is 9.29 Å². The highest BCUT2D eigenvalue weighted by Gasteiger charge is 2.25. The highest BCUT2D eigenvalue weighted by molar-refractivity contribution is 8.54. The second-order valence-corrected chi connectivity index (χ2v) is 15.3. The first-order valence-electron chi connectivity index (χ1n) is 13.0. The molecule has 0 spiro atoms. The second kappa shape index (κ2) is 14.6. The Labute approximate surface area is 225 Å². The molecule has 2 aromatic rings. The third-order valence-electron chi connectivity index (χ3n) is 6.68. The van der Waals surface area contributed by atoms with E-state index >= 15 is 0 Å². The molecule has 1 N–H and O–H groups in total. The van der Waals surface area contributed by atoms with Crippen molar-refractivity contribution in [2.75, 3.05) is 39.5 Å². The molecule has 1 unspecified atom stereocenters. The van der Waals surface area contributed by atoms with E-state index < -0.39 is 5.97 Å². The van der Waals surface area contributed by atoms with Gasteiger partial charge in [0.2, 0.25) is 0 Å². The molecule has 2 aliphatic rings. The molecule has 4 rings (SSSR count). The van der Waals surface area contributed by atoms with Crippen LogP contribution in [0.5, 0.6) is 5.75 Å². The number of carboxylic acid groups (broad SMARTS) is 1. The van der Waals surface area contributed by atoms with Crippen LogP contribution in [0, 0.1) is 0 Å². The normalized spacial score (nSPS) is 19.0. The van der Waals surface area contributed by atoms with Crippen molar-refractivity contribution in [2.24, 2.45) is 0 Å². The summed E-state index contributed by atoms with van der Waals surface area (Å²) < 4.78 is 8.14. The predicted octanol–water partition coefficient (Wildman–Crippen LogP) is 6.60. The number of aliphatic carboxylic acids is 1. The molecule has 2 fully saturated rings. The Hall–Kier alpha value is -1.31. The van der Waals surface area contributed by atoms with Gasteiger partial charge < -0.3 is 9.84 Å². The Morgan fingerprint density at radius 1 is 1.11 bits per heavy atom. The highest BCUT2D eigenvalue weighted by Crippen LogP contribution is 2.51. The van der Waals surface area contributed by atoms with Gasteiger partial charge in [-0.15, -0.1) is 0 Å². The summed E-state index contributed by atoms with van der Waals surface area (Å²) in [4.78, 5) is 19.1. The molecule has 0 amide bonds. The first-order valence-corrected chi connectivity index (χ1v) is 17.2. The van der Waals surface area contributed by atoms with Crippen molar-refractivity contribution < 1.29 is 14.6 Å². The topological polar surface area (TPSA) is 65.9 Å². The number of rotatable bonds is 11. The average molecular weight is 548 g/mol. The molecule has 0 radical (unpaired) electrons. The number of ether oxygens (including phenoxy) is 1. The van der Waals surface area contributed by atoms with Gasteiger partial charge in [-0.1, -0.05) is 61.1 Å². The molecule has 196 valence electrons. The SMILES string of the molecule is CP(Cc1ccc(Sc2cccc(OCCC(=O)O)c2)nc1)SN1CCN(C2CCCCCC2)CC1. The van der Waals surface area contributed by atoms with Crippen molar-refractivity contribution >= 4 is 36.4 Å². The fourth-order valence-corrected chi connectivity index (χ4v) is 9.40. The van der Waals surface area contributed by atoms with Crippen molar-refractivity contribution in [1.29, 1.82) is 0 Å². The van der Waals surface area contributed by atoms with E-state index in [1.54, 1.807) is 11.8 Å². The lowest BCUT2D eigenvalue weighted by Gasteiger charge is -2.39. The number of carbonyl (C=O) groups is 1. The van der Waals surface area contributed by atoms with Crippen LogP contribution in [0.4, 0.5) is 0 Å². The Balaban J connectivity index is 1.19. The van der Waals surface area contributed by atoms with Gasteiger partial charge >= 0.3 is 5.97 Å². The minimum Gasteiger partial charge on any atom is -0.493 e. The van der Waals surface area contributed by atoms with E-state index in [0.717, 1.165) is 22.1 Å². The van der Waals surface area contributed by atoms with Gasteiger partial charge in [0, 0.05) is 49.5 Å². The van der Waals surface area contributed by atoms with Crippen LogP contribution in [-0.4, -0.2) is 70.8 Å². The maximum Gasteiger partial charge on any atom is 0.306 e. The molecule has 36 heavy (non-hydrogen) atoms. The zero-order valence-electron chi connectivity index (χ0n) is 21.2. The smallest absolute Gasteiger partial charge is 0.306 e. The lowest BCUT2D eigenvalue weighted by Crippen LogP contribution is -2.48. The van der Waals surface area contributed by atoms with Gasteiger partial charge in [0.05, 0.1) is 13.0 Å². The second-order valence-electron chi connectivity index (χ2n) is 9.55. The van der Waals surface area contributed by atoms with E-state index in [0.29, 0.717) is 5.75 Å². The molecule has 1 aliphatic heterocycles. The Kier molecular flexibility index (Phi) is 11.2. The summed E-state index contributed by atoms with van der Waals surface area (Å²) in [5, 5.41) is 9.71. The average Bonchev–Trinajstić information content (AvgIpc) is 3.16. The van der Waals surface area contributed by atoms with Gasteiger partial charge in [-0.05, 0) is 56.5 Å². The molecule has 1 saturated carbocycles. The Morgan fingerprint density at radius 2 is 1.89 bits per heavy atom. The lowest BCUT2D eigenvalue weighted by molar-refractivity contribution is -0.137. The number of benzene rings is 1. The Morgan fingerprint density at radius 3 is 2.58 bits per heavy atom. The van der Waals surface area contributed by atoms with Crippen molar-refractivity contribution in [3.05, 3.63) is 48.2 Å². The van der Waals surface area contributed by atoms with Gasteiger partial charge in [0.1, 0.15) is 10.8 Å². The first-order chi connectivity index (χ1) is 17.5. The number of hydrogen-bond acceptors (Lipinski definition) is 7. The van der Waals surface area contributed by atoms with E-state index in [-0.39, 0.29) is 20.2 Å². The van der Waals surface area contributed by atoms with Crippen LogP contribution in [-0.2, 0) is 11.0 Å². The van der Waals surface area contributed by atoms with E-state index in [4.69, 9.17) is 9.84 Å². The number of aromatic nitrogens is 1. The zero-order valence-corrected chi connectivity index (χ0v) is 23.7. The van der Waals surface area contributed by atoms with Crippen LogP contribution in [0.3, 0.4) is 0 Å². The van der Waals surface area contributed by atoms with E-state index in [1.165, 1.54) is 70.3 Å². The molecule has 1 aromatic carbocycles. The van der Waals surface area contributed by atoms with Crippen molar-refractivity contribution in [1.82, 2.24) is 14.2 Å². The molecule has 9 heteroatoms. The largest absolute Gasteiger partial charge is 0.493 e. The van der Waals surface area contributed by atoms with E-state index in [2.05, 4.69) is 44.6 Å². The number of piperazine rings is 1. The molecule has 2 heterocycles. The summed E-state index contributed by atoms with van der Waals surface area (Å²) in [7, 11) is -0.167. The summed E-state index contributed by atoms with van der Waals surface area (Å²) in [6, 6.07) is 12.8.